The van der Waals surface area contributed by atoms with Crippen LogP contribution in [0.15, 0.2) is 12.1 Å². The molecule has 0 bridgehead atoms. The fourth-order valence-corrected chi connectivity index (χ4v) is 2.75. The highest BCUT2D eigenvalue weighted by Gasteiger charge is 2.05. The molecule has 0 radical (unpaired) electrons. The van der Waals surface area contributed by atoms with Crippen LogP contribution in [0.3, 0.4) is 0 Å². The van der Waals surface area contributed by atoms with Crippen molar-refractivity contribution < 1.29 is 0 Å². The molecule has 1 heterocycles. The van der Waals surface area contributed by atoms with Crippen molar-refractivity contribution in [2.75, 3.05) is 0 Å². The molecule has 0 aliphatic heterocycles. The Kier molecular flexibility index (Phi) is 1.92. The average Bonchev–Trinajstić information content (AvgIpc) is 2.32. The molecule has 1 aromatic heterocycles. The molecule has 0 unspecified atom stereocenters. The molecule has 0 nitrogen and oxygen atoms in total. The minimum Gasteiger partial charge on any atom is -0.140 e. The first-order chi connectivity index (χ1) is 6.09. The molecule has 0 saturated carbocycles. The normalized spacial score (nSPS) is 11.1. The Morgan fingerprint density at radius 3 is 2.23 bits per heavy atom. The molecule has 2 aromatic rings. The van der Waals surface area contributed by atoms with E-state index < -0.39 is 0 Å². The van der Waals surface area contributed by atoms with Crippen LogP contribution < -0.4 is 0 Å². The van der Waals surface area contributed by atoms with Crippen LogP contribution in [0.4, 0.5) is 0 Å². The predicted octanol–water partition coefficient (Wildman–Crippen LogP) is 4.13. The van der Waals surface area contributed by atoms with Gasteiger partial charge in [0.25, 0.3) is 0 Å². The molecule has 13 heavy (non-hydrogen) atoms. The summed E-state index contributed by atoms with van der Waals surface area (Å²) >= 11 is 1.90. The molecule has 68 valence electrons. The van der Waals surface area contributed by atoms with Gasteiger partial charge in [0.2, 0.25) is 0 Å². The van der Waals surface area contributed by atoms with Crippen molar-refractivity contribution in [3.05, 3.63) is 33.7 Å². The number of rotatable bonds is 0. The minimum absolute atomic E-state index is 1.40. The Labute approximate surface area is 83.2 Å². The van der Waals surface area contributed by atoms with E-state index in [0.29, 0.717) is 0 Å². The lowest BCUT2D eigenvalue weighted by Gasteiger charge is -1.99. The Morgan fingerprint density at radius 1 is 0.923 bits per heavy atom. The first-order valence-corrected chi connectivity index (χ1v) is 5.38. The van der Waals surface area contributed by atoms with Gasteiger partial charge in [-0.3, -0.25) is 0 Å². The van der Waals surface area contributed by atoms with Gasteiger partial charge in [0.05, 0.1) is 0 Å². The summed E-state index contributed by atoms with van der Waals surface area (Å²) in [6.07, 6.45) is 0. The Balaban J connectivity index is 2.89. The molecule has 2 rings (SSSR count). The Hall–Kier alpha value is -0.820. The first-order valence-electron chi connectivity index (χ1n) is 4.56. The van der Waals surface area contributed by atoms with Crippen molar-refractivity contribution in [1.29, 1.82) is 0 Å². The highest BCUT2D eigenvalue weighted by atomic mass is 32.1. The van der Waals surface area contributed by atoms with Crippen molar-refractivity contribution in [2.45, 2.75) is 27.7 Å². The molecule has 1 heteroatoms. The molecule has 1 aromatic carbocycles. The van der Waals surface area contributed by atoms with Crippen molar-refractivity contribution >= 4 is 21.4 Å². The van der Waals surface area contributed by atoms with Gasteiger partial charge in [0, 0.05) is 9.58 Å². The molecule has 0 atom stereocenters. The summed E-state index contributed by atoms with van der Waals surface area (Å²) in [4.78, 5) is 1.44. The molecule has 0 aliphatic rings. The second-order valence-corrected chi connectivity index (χ2v) is 4.97. The predicted molar refractivity (Wildman–Crippen MR) is 60.8 cm³/mol. The van der Waals surface area contributed by atoms with Gasteiger partial charge in [-0.2, -0.15) is 0 Å². The zero-order chi connectivity index (χ0) is 9.59. The number of hydrogen-bond acceptors (Lipinski definition) is 1. The van der Waals surface area contributed by atoms with Gasteiger partial charge in [0.1, 0.15) is 0 Å². The van der Waals surface area contributed by atoms with Crippen LogP contribution in [-0.2, 0) is 0 Å². The summed E-state index contributed by atoms with van der Waals surface area (Å²) in [5.41, 5.74) is 4.24. The van der Waals surface area contributed by atoms with Gasteiger partial charge in [0.15, 0.2) is 0 Å². The lowest BCUT2D eigenvalue weighted by atomic mass is 10.1. The first kappa shape index (κ1) is 8.76. The molecular weight excluding hydrogens is 176 g/mol. The Morgan fingerprint density at radius 2 is 1.54 bits per heavy atom. The third-order valence-electron chi connectivity index (χ3n) is 2.79. The van der Waals surface area contributed by atoms with E-state index in [9.17, 15) is 0 Å². The summed E-state index contributed by atoms with van der Waals surface area (Å²) in [5, 5.41) is 1.44. The van der Waals surface area contributed by atoms with Crippen LogP contribution in [0, 0.1) is 27.7 Å². The van der Waals surface area contributed by atoms with E-state index in [1.165, 1.54) is 31.7 Å². The van der Waals surface area contributed by atoms with Crippen molar-refractivity contribution in [1.82, 2.24) is 0 Å². The number of fused-ring (bicyclic) bond motifs is 1. The average molecular weight is 190 g/mol. The lowest BCUT2D eigenvalue weighted by Crippen LogP contribution is -1.79. The zero-order valence-corrected chi connectivity index (χ0v) is 9.38. The maximum atomic E-state index is 2.31. The van der Waals surface area contributed by atoms with Crippen LogP contribution in [0.5, 0.6) is 0 Å². The van der Waals surface area contributed by atoms with E-state index in [2.05, 4.69) is 39.8 Å². The van der Waals surface area contributed by atoms with Gasteiger partial charge < -0.3 is 0 Å². The Bertz CT molecular complexity index is 463. The molecule has 0 saturated heterocycles. The van der Waals surface area contributed by atoms with E-state index in [4.69, 9.17) is 0 Å². The topological polar surface area (TPSA) is 0 Å². The van der Waals surface area contributed by atoms with E-state index in [0.717, 1.165) is 0 Å². The third-order valence-corrected chi connectivity index (χ3v) is 3.96. The fraction of sp³-hybridized carbons (Fsp3) is 0.333. The fourth-order valence-electron chi connectivity index (χ4n) is 1.60. The van der Waals surface area contributed by atoms with Crippen LogP contribution >= 0.6 is 11.3 Å². The molecular formula is C12H14S. The van der Waals surface area contributed by atoms with Crippen LogP contribution in [0.25, 0.3) is 10.1 Å². The standard InChI is InChI=1S/C12H14S/c1-7-5-11-9(3)10(4)13-12(11)6-8(7)2/h5-6H,1-4H3. The SMILES string of the molecule is Cc1cc2sc(C)c(C)c2cc1C. The van der Waals surface area contributed by atoms with Crippen molar-refractivity contribution in [3.8, 4) is 0 Å². The number of aryl methyl sites for hydroxylation is 4. The quantitative estimate of drug-likeness (QED) is 0.586. The van der Waals surface area contributed by atoms with Crippen LogP contribution in [-0.4, -0.2) is 0 Å². The lowest BCUT2D eigenvalue weighted by molar-refractivity contribution is 1.36. The number of thiophene rings is 1. The van der Waals surface area contributed by atoms with E-state index >= 15 is 0 Å². The summed E-state index contributed by atoms with van der Waals surface area (Å²) in [6, 6.07) is 4.61. The van der Waals surface area contributed by atoms with Gasteiger partial charge in [-0.25, -0.2) is 0 Å². The smallest absolute Gasteiger partial charge is 0.0351 e. The summed E-state index contributed by atoms with van der Waals surface area (Å²) in [6.45, 7) is 8.77. The molecule has 0 amide bonds. The summed E-state index contributed by atoms with van der Waals surface area (Å²) in [5.74, 6) is 0. The largest absolute Gasteiger partial charge is 0.140 e. The third kappa shape index (κ3) is 1.28. The van der Waals surface area contributed by atoms with Crippen molar-refractivity contribution in [3.63, 3.8) is 0 Å². The molecule has 0 spiro atoms. The maximum absolute atomic E-state index is 2.31. The summed E-state index contributed by atoms with van der Waals surface area (Å²) in [7, 11) is 0. The van der Waals surface area contributed by atoms with E-state index in [1.54, 1.807) is 0 Å². The van der Waals surface area contributed by atoms with Gasteiger partial charge >= 0.3 is 0 Å². The van der Waals surface area contributed by atoms with E-state index in [1.807, 2.05) is 11.3 Å². The molecule has 0 fully saturated rings. The minimum atomic E-state index is 1.40. The highest BCUT2D eigenvalue weighted by molar-refractivity contribution is 7.19. The molecule has 0 N–H and O–H groups in total. The van der Waals surface area contributed by atoms with Crippen molar-refractivity contribution in [2.24, 2.45) is 0 Å². The highest BCUT2D eigenvalue weighted by Crippen LogP contribution is 2.31. The number of hydrogen-bond donors (Lipinski definition) is 0. The second-order valence-electron chi connectivity index (χ2n) is 3.72. The van der Waals surface area contributed by atoms with E-state index in [-0.39, 0.29) is 0 Å². The summed E-state index contributed by atoms with van der Waals surface area (Å²) < 4.78 is 1.43. The zero-order valence-electron chi connectivity index (χ0n) is 8.56. The molecule has 0 aliphatic carbocycles. The second kappa shape index (κ2) is 2.85. The number of benzene rings is 1. The van der Waals surface area contributed by atoms with Crippen LogP contribution in [0.2, 0.25) is 0 Å². The van der Waals surface area contributed by atoms with Gasteiger partial charge in [-0.05, 0) is 55.8 Å². The van der Waals surface area contributed by atoms with Gasteiger partial charge in [-0.15, -0.1) is 11.3 Å². The monoisotopic (exact) mass is 190 g/mol. The van der Waals surface area contributed by atoms with Crippen LogP contribution in [0.1, 0.15) is 21.6 Å². The maximum Gasteiger partial charge on any atom is 0.0351 e. The van der Waals surface area contributed by atoms with Gasteiger partial charge in [-0.1, -0.05) is 6.07 Å².